The highest BCUT2D eigenvalue weighted by Crippen LogP contribution is 2.25. The Morgan fingerprint density at radius 1 is 1.31 bits per heavy atom. The maximum Gasteiger partial charge on any atom is 0.200 e. The van der Waals surface area contributed by atoms with Crippen molar-refractivity contribution in [2.45, 2.75) is 18.6 Å². The molecule has 0 unspecified atom stereocenters. The van der Waals surface area contributed by atoms with Crippen molar-refractivity contribution in [1.29, 1.82) is 0 Å². The molecule has 0 aliphatic rings. The molecular weight excluding hydrogens is 350 g/mol. The zero-order chi connectivity index (χ0) is 18.4. The van der Waals surface area contributed by atoms with Gasteiger partial charge in [0.05, 0.1) is 18.6 Å². The van der Waals surface area contributed by atoms with Crippen LogP contribution in [0.25, 0.3) is 11.6 Å². The van der Waals surface area contributed by atoms with Crippen LogP contribution in [-0.2, 0) is 6.54 Å². The summed E-state index contributed by atoms with van der Waals surface area (Å²) in [4.78, 5) is 12.4. The topological polar surface area (TPSA) is 70.2 Å². The number of ketones is 1. The van der Waals surface area contributed by atoms with E-state index in [2.05, 4.69) is 16.8 Å². The summed E-state index contributed by atoms with van der Waals surface area (Å²) in [5, 5.41) is 9.02. The van der Waals surface area contributed by atoms with Gasteiger partial charge < -0.3 is 9.15 Å². The molecule has 0 fully saturated rings. The van der Waals surface area contributed by atoms with Gasteiger partial charge in [0.25, 0.3) is 0 Å². The molecule has 0 aliphatic carbocycles. The van der Waals surface area contributed by atoms with E-state index in [1.807, 2.05) is 17.6 Å². The number of hydrogen-bond donors (Lipinski definition) is 0. The van der Waals surface area contributed by atoms with Crippen LogP contribution in [0.5, 0.6) is 5.75 Å². The fourth-order valence-electron chi connectivity index (χ4n) is 2.39. The second kappa shape index (κ2) is 8.53. The van der Waals surface area contributed by atoms with Crippen molar-refractivity contribution in [2.24, 2.45) is 0 Å². The monoisotopic (exact) mass is 369 g/mol. The Morgan fingerprint density at radius 3 is 2.77 bits per heavy atom. The maximum atomic E-state index is 12.4. The molecule has 0 atom stereocenters. The molecule has 3 rings (SSSR count). The summed E-state index contributed by atoms with van der Waals surface area (Å²) in [6.45, 7) is 6.82. The van der Waals surface area contributed by atoms with E-state index in [9.17, 15) is 4.79 Å². The van der Waals surface area contributed by atoms with Crippen molar-refractivity contribution in [3.05, 3.63) is 60.9 Å². The molecule has 2 aromatic heterocycles. The Kier molecular flexibility index (Phi) is 5.91. The molecule has 134 valence electrons. The number of aromatic nitrogens is 3. The number of benzene rings is 1. The average molecular weight is 369 g/mol. The quantitative estimate of drug-likeness (QED) is 0.321. The highest BCUT2D eigenvalue weighted by Gasteiger charge is 2.17. The van der Waals surface area contributed by atoms with Crippen LogP contribution in [0.15, 0.2) is 64.9 Å². The van der Waals surface area contributed by atoms with E-state index in [0.29, 0.717) is 35.5 Å². The first-order valence-corrected chi connectivity index (χ1v) is 9.18. The predicted octanol–water partition coefficient (Wildman–Crippen LogP) is 4.10. The SMILES string of the molecule is C=CCn1c(SCC(=O)c2ccc(OCC)cc2)nnc1-c1ccco1. The van der Waals surface area contributed by atoms with Gasteiger partial charge in [-0.15, -0.1) is 16.8 Å². The molecule has 3 aromatic rings. The Hall–Kier alpha value is -2.80. The number of nitrogens with zero attached hydrogens (tertiary/aromatic N) is 3. The molecule has 0 bridgehead atoms. The Morgan fingerprint density at radius 2 is 2.12 bits per heavy atom. The summed E-state index contributed by atoms with van der Waals surface area (Å²) in [5.41, 5.74) is 0.641. The van der Waals surface area contributed by atoms with Crippen LogP contribution in [-0.4, -0.2) is 32.9 Å². The number of carbonyl (C=O) groups excluding carboxylic acids is 1. The highest BCUT2D eigenvalue weighted by atomic mass is 32.2. The van der Waals surface area contributed by atoms with Crippen LogP contribution >= 0.6 is 11.8 Å². The summed E-state index contributed by atoms with van der Waals surface area (Å²) in [7, 11) is 0. The Labute approximate surface area is 155 Å². The minimum Gasteiger partial charge on any atom is -0.494 e. The summed E-state index contributed by atoms with van der Waals surface area (Å²) >= 11 is 1.34. The number of Topliss-reactive ketones (excluding diaryl/α,β-unsaturated/α-hetero) is 1. The summed E-state index contributed by atoms with van der Waals surface area (Å²) in [6.07, 6.45) is 3.35. The van der Waals surface area contributed by atoms with E-state index < -0.39 is 0 Å². The molecule has 0 aliphatic heterocycles. The third kappa shape index (κ3) is 4.05. The first-order chi connectivity index (χ1) is 12.7. The van der Waals surface area contributed by atoms with Gasteiger partial charge in [-0.25, -0.2) is 0 Å². The summed E-state index contributed by atoms with van der Waals surface area (Å²) in [6, 6.07) is 10.8. The molecule has 7 heteroatoms. The van der Waals surface area contributed by atoms with Crippen LogP contribution in [0.4, 0.5) is 0 Å². The molecule has 26 heavy (non-hydrogen) atoms. The van der Waals surface area contributed by atoms with Gasteiger partial charge in [-0.1, -0.05) is 17.8 Å². The number of hydrogen-bond acceptors (Lipinski definition) is 6. The van der Waals surface area contributed by atoms with Crippen molar-refractivity contribution in [3.8, 4) is 17.3 Å². The molecule has 6 nitrogen and oxygen atoms in total. The molecule has 0 saturated carbocycles. The van der Waals surface area contributed by atoms with Gasteiger partial charge >= 0.3 is 0 Å². The van der Waals surface area contributed by atoms with Crippen molar-refractivity contribution in [1.82, 2.24) is 14.8 Å². The van der Waals surface area contributed by atoms with Crippen molar-refractivity contribution >= 4 is 17.5 Å². The number of carbonyl (C=O) groups is 1. The fourth-order valence-corrected chi connectivity index (χ4v) is 3.24. The summed E-state index contributed by atoms with van der Waals surface area (Å²) < 4.78 is 12.7. The van der Waals surface area contributed by atoms with E-state index in [4.69, 9.17) is 9.15 Å². The van der Waals surface area contributed by atoms with Gasteiger partial charge in [0.15, 0.2) is 16.7 Å². The minimum atomic E-state index is 0.0192. The van der Waals surface area contributed by atoms with Gasteiger partial charge in [0, 0.05) is 12.1 Å². The third-order valence-electron chi connectivity index (χ3n) is 3.59. The lowest BCUT2D eigenvalue weighted by atomic mass is 10.1. The number of furan rings is 1. The number of ether oxygens (including phenoxy) is 1. The van der Waals surface area contributed by atoms with E-state index in [1.54, 1.807) is 42.7 Å². The standard InChI is InChI=1S/C19H19N3O3S/c1-3-11-22-18(17-6-5-12-25-17)20-21-19(22)26-13-16(23)14-7-9-15(10-8-14)24-4-2/h3,5-10,12H,1,4,11,13H2,2H3. The normalized spacial score (nSPS) is 10.7. The van der Waals surface area contributed by atoms with Crippen molar-refractivity contribution in [2.75, 3.05) is 12.4 Å². The molecule has 0 radical (unpaired) electrons. The number of allylic oxidation sites excluding steroid dienone is 1. The largest absolute Gasteiger partial charge is 0.494 e. The van der Waals surface area contributed by atoms with E-state index in [1.165, 1.54) is 11.8 Å². The zero-order valence-electron chi connectivity index (χ0n) is 14.4. The molecule has 1 aromatic carbocycles. The van der Waals surface area contributed by atoms with Crippen molar-refractivity contribution < 1.29 is 13.9 Å². The average Bonchev–Trinajstić information content (AvgIpc) is 3.31. The minimum absolute atomic E-state index is 0.0192. The van der Waals surface area contributed by atoms with E-state index >= 15 is 0 Å². The van der Waals surface area contributed by atoms with Crippen LogP contribution in [0.3, 0.4) is 0 Å². The van der Waals surface area contributed by atoms with E-state index in [0.717, 1.165) is 5.75 Å². The Bertz CT molecular complexity index is 870. The molecule has 0 saturated heterocycles. The first kappa shape index (κ1) is 18.0. The highest BCUT2D eigenvalue weighted by molar-refractivity contribution is 7.99. The van der Waals surface area contributed by atoms with Crippen LogP contribution < -0.4 is 4.74 Å². The van der Waals surface area contributed by atoms with Gasteiger partial charge in [-0.2, -0.15) is 0 Å². The van der Waals surface area contributed by atoms with Crippen LogP contribution in [0.2, 0.25) is 0 Å². The second-order valence-corrected chi connectivity index (χ2v) is 6.29. The summed E-state index contributed by atoms with van der Waals surface area (Å²) in [5.74, 6) is 2.28. The van der Waals surface area contributed by atoms with Crippen LogP contribution in [0.1, 0.15) is 17.3 Å². The molecule has 2 heterocycles. The second-order valence-electron chi connectivity index (χ2n) is 5.35. The lowest BCUT2D eigenvalue weighted by Crippen LogP contribution is -2.05. The maximum absolute atomic E-state index is 12.4. The first-order valence-electron chi connectivity index (χ1n) is 8.19. The molecule has 0 N–H and O–H groups in total. The van der Waals surface area contributed by atoms with Gasteiger partial charge in [-0.05, 0) is 43.3 Å². The zero-order valence-corrected chi connectivity index (χ0v) is 15.2. The number of rotatable bonds is 9. The van der Waals surface area contributed by atoms with Crippen molar-refractivity contribution in [3.63, 3.8) is 0 Å². The molecule has 0 amide bonds. The van der Waals surface area contributed by atoms with Crippen LogP contribution in [0, 0.1) is 0 Å². The smallest absolute Gasteiger partial charge is 0.200 e. The molecular formula is C19H19N3O3S. The lowest BCUT2D eigenvalue weighted by Gasteiger charge is -2.06. The fraction of sp³-hybridized carbons (Fsp3) is 0.211. The Balaban J connectivity index is 1.71. The molecule has 0 spiro atoms. The predicted molar refractivity (Wildman–Crippen MR) is 101 cm³/mol. The van der Waals surface area contributed by atoms with Gasteiger partial charge in [-0.3, -0.25) is 9.36 Å². The third-order valence-corrected chi connectivity index (χ3v) is 4.56. The van der Waals surface area contributed by atoms with Gasteiger partial charge in [0.2, 0.25) is 5.82 Å². The lowest BCUT2D eigenvalue weighted by molar-refractivity contribution is 0.102. The number of thioether (sulfide) groups is 1. The van der Waals surface area contributed by atoms with E-state index in [-0.39, 0.29) is 11.5 Å². The van der Waals surface area contributed by atoms with Gasteiger partial charge in [0.1, 0.15) is 5.75 Å².